The molecule has 1 fully saturated rings. The van der Waals surface area contributed by atoms with E-state index in [4.69, 9.17) is 0 Å². The number of nitrogens with one attached hydrogen (secondary N) is 1. The van der Waals surface area contributed by atoms with Crippen LogP contribution in [0.5, 0.6) is 0 Å². The summed E-state index contributed by atoms with van der Waals surface area (Å²) in [5.74, 6) is 0.971. The first-order chi connectivity index (χ1) is 7.38. The van der Waals surface area contributed by atoms with E-state index in [1.165, 1.54) is 31.2 Å². The molecule has 0 amide bonds. The minimum absolute atomic E-state index is 0.759. The normalized spacial score (nSPS) is 25.7. The lowest BCUT2D eigenvalue weighted by Crippen LogP contribution is -2.25. The molecule has 0 heterocycles. The molecule has 15 heavy (non-hydrogen) atoms. The van der Waals surface area contributed by atoms with E-state index in [1.54, 1.807) is 0 Å². The molecule has 1 nitrogen and oxygen atoms in total. The fraction of sp³-hybridized carbons (Fsp3) is 0.571. The maximum atomic E-state index is 3.66. The van der Waals surface area contributed by atoms with Crippen LogP contribution in [0.25, 0.3) is 0 Å². The lowest BCUT2D eigenvalue weighted by molar-refractivity contribution is 0.477. The SMILES string of the molecule is CCC1CCC(NCc2ccccc2)C1. The van der Waals surface area contributed by atoms with Gasteiger partial charge >= 0.3 is 0 Å². The van der Waals surface area contributed by atoms with Gasteiger partial charge in [-0.3, -0.25) is 0 Å². The highest BCUT2D eigenvalue weighted by Gasteiger charge is 2.22. The summed E-state index contributed by atoms with van der Waals surface area (Å²) in [6, 6.07) is 11.4. The topological polar surface area (TPSA) is 12.0 Å². The van der Waals surface area contributed by atoms with Crippen LogP contribution in [-0.2, 0) is 6.54 Å². The van der Waals surface area contributed by atoms with Gasteiger partial charge in [0.05, 0.1) is 0 Å². The van der Waals surface area contributed by atoms with E-state index in [2.05, 4.69) is 42.6 Å². The van der Waals surface area contributed by atoms with Gasteiger partial charge in [-0.1, -0.05) is 43.7 Å². The van der Waals surface area contributed by atoms with Gasteiger partial charge in [-0.05, 0) is 30.7 Å². The lowest BCUT2D eigenvalue weighted by Gasteiger charge is -2.12. The Hall–Kier alpha value is -0.820. The molecule has 1 N–H and O–H groups in total. The molecule has 0 aliphatic heterocycles. The van der Waals surface area contributed by atoms with Gasteiger partial charge in [0.2, 0.25) is 0 Å². The van der Waals surface area contributed by atoms with E-state index in [9.17, 15) is 0 Å². The summed E-state index contributed by atoms with van der Waals surface area (Å²) in [6.07, 6.45) is 5.52. The molecular weight excluding hydrogens is 182 g/mol. The Morgan fingerprint density at radius 1 is 1.20 bits per heavy atom. The second kappa shape index (κ2) is 5.32. The molecule has 1 aliphatic rings. The van der Waals surface area contributed by atoms with Crippen LogP contribution < -0.4 is 5.32 Å². The van der Waals surface area contributed by atoms with E-state index in [0.29, 0.717) is 0 Å². The zero-order chi connectivity index (χ0) is 10.5. The molecule has 1 heteroatoms. The molecule has 82 valence electrons. The minimum atomic E-state index is 0.759. The maximum absolute atomic E-state index is 3.66. The minimum Gasteiger partial charge on any atom is -0.310 e. The Morgan fingerprint density at radius 3 is 2.67 bits per heavy atom. The summed E-state index contributed by atoms with van der Waals surface area (Å²) in [5, 5.41) is 3.66. The molecule has 1 aliphatic carbocycles. The number of benzene rings is 1. The van der Waals surface area contributed by atoms with Crippen molar-refractivity contribution in [2.24, 2.45) is 5.92 Å². The van der Waals surface area contributed by atoms with Crippen molar-refractivity contribution in [1.29, 1.82) is 0 Å². The fourth-order valence-electron chi connectivity index (χ4n) is 2.49. The molecule has 2 rings (SSSR count). The third-order valence-corrected chi connectivity index (χ3v) is 3.56. The van der Waals surface area contributed by atoms with Crippen LogP contribution in [0.1, 0.15) is 38.2 Å². The highest BCUT2D eigenvalue weighted by Crippen LogP contribution is 2.27. The summed E-state index contributed by atoms with van der Waals surface area (Å²) >= 11 is 0. The van der Waals surface area contributed by atoms with Crippen LogP contribution in [0.15, 0.2) is 30.3 Å². The Kier molecular flexibility index (Phi) is 3.79. The molecule has 1 aromatic rings. The Labute approximate surface area is 92.9 Å². The second-order valence-electron chi connectivity index (χ2n) is 4.65. The number of hydrogen-bond donors (Lipinski definition) is 1. The van der Waals surface area contributed by atoms with Gasteiger partial charge in [-0.15, -0.1) is 0 Å². The first-order valence-electron chi connectivity index (χ1n) is 6.15. The summed E-state index contributed by atoms with van der Waals surface area (Å²) in [6.45, 7) is 3.34. The van der Waals surface area contributed by atoms with Crippen molar-refractivity contribution in [2.75, 3.05) is 0 Å². The van der Waals surface area contributed by atoms with E-state index in [-0.39, 0.29) is 0 Å². The third-order valence-electron chi connectivity index (χ3n) is 3.56. The van der Waals surface area contributed by atoms with Crippen LogP contribution in [0, 0.1) is 5.92 Å². The molecule has 1 aromatic carbocycles. The van der Waals surface area contributed by atoms with Crippen LogP contribution in [0.2, 0.25) is 0 Å². The Balaban J connectivity index is 1.75. The molecule has 0 radical (unpaired) electrons. The van der Waals surface area contributed by atoms with Crippen molar-refractivity contribution >= 4 is 0 Å². The molecular formula is C14H21N. The van der Waals surface area contributed by atoms with Crippen LogP contribution >= 0.6 is 0 Å². The van der Waals surface area contributed by atoms with Crippen molar-refractivity contribution in [1.82, 2.24) is 5.32 Å². The standard InChI is InChI=1S/C14H21N/c1-2-12-8-9-14(10-12)15-11-13-6-4-3-5-7-13/h3-7,12,14-15H,2,8-11H2,1H3. The predicted molar refractivity (Wildman–Crippen MR) is 64.7 cm³/mol. The van der Waals surface area contributed by atoms with E-state index in [0.717, 1.165) is 18.5 Å². The molecule has 0 saturated heterocycles. The first-order valence-corrected chi connectivity index (χ1v) is 6.15. The summed E-state index contributed by atoms with van der Waals surface area (Å²) in [4.78, 5) is 0. The first kappa shape index (κ1) is 10.7. The van der Waals surface area contributed by atoms with Crippen LogP contribution in [-0.4, -0.2) is 6.04 Å². The zero-order valence-electron chi connectivity index (χ0n) is 9.58. The van der Waals surface area contributed by atoms with Crippen molar-refractivity contribution in [3.63, 3.8) is 0 Å². The molecule has 0 bridgehead atoms. The third kappa shape index (κ3) is 3.07. The summed E-state index contributed by atoms with van der Waals surface area (Å²) in [7, 11) is 0. The van der Waals surface area contributed by atoms with Crippen molar-refractivity contribution in [3.8, 4) is 0 Å². The number of rotatable bonds is 4. The largest absolute Gasteiger partial charge is 0.310 e. The quantitative estimate of drug-likeness (QED) is 0.791. The summed E-state index contributed by atoms with van der Waals surface area (Å²) < 4.78 is 0. The highest BCUT2D eigenvalue weighted by molar-refractivity contribution is 5.14. The Morgan fingerprint density at radius 2 is 2.00 bits per heavy atom. The second-order valence-corrected chi connectivity index (χ2v) is 4.65. The van der Waals surface area contributed by atoms with Gasteiger partial charge in [0.1, 0.15) is 0 Å². The molecule has 0 aromatic heterocycles. The number of hydrogen-bond acceptors (Lipinski definition) is 1. The molecule has 1 saturated carbocycles. The van der Waals surface area contributed by atoms with E-state index >= 15 is 0 Å². The average Bonchev–Trinajstić information content (AvgIpc) is 2.76. The van der Waals surface area contributed by atoms with Crippen LogP contribution in [0.4, 0.5) is 0 Å². The molecule has 2 atom stereocenters. The van der Waals surface area contributed by atoms with Gasteiger partial charge in [-0.25, -0.2) is 0 Å². The molecule has 0 spiro atoms. The van der Waals surface area contributed by atoms with Crippen molar-refractivity contribution in [3.05, 3.63) is 35.9 Å². The van der Waals surface area contributed by atoms with E-state index in [1.807, 2.05) is 0 Å². The van der Waals surface area contributed by atoms with Gasteiger partial charge in [0.15, 0.2) is 0 Å². The zero-order valence-corrected chi connectivity index (χ0v) is 9.58. The maximum Gasteiger partial charge on any atom is 0.0208 e. The fourth-order valence-corrected chi connectivity index (χ4v) is 2.49. The van der Waals surface area contributed by atoms with Gasteiger partial charge in [-0.2, -0.15) is 0 Å². The van der Waals surface area contributed by atoms with Crippen LogP contribution in [0.3, 0.4) is 0 Å². The van der Waals surface area contributed by atoms with E-state index < -0.39 is 0 Å². The van der Waals surface area contributed by atoms with Gasteiger partial charge in [0, 0.05) is 12.6 Å². The van der Waals surface area contributed by atoms with Gasteiger partial charge in [0.25, 0.3) is 0 Å². The lowest BCUT2D eigenvalue weighted by atomic mass is 10.1. The summed E-state index contributed by atoms with van der Waals surface area (Å²) in [5.41, 5.74) is 1.40. The molecule has 2 unspecified atom stereocenters. The monoisotopic (exact) mass is 203 g/mol. The average molecular weight is 203 g/mol. The Bertz CT molecular complexity index is 281. The van der Waals surface area contributed by atoms with Crippen molar-refractivity contribution in [2.45, 2.75) is 45.2 Å². The van der Waals surface area contributed by atoms with Crippen molar-refractivity contribution < 1.29 is 0 Å². The smallest absolute Gasteiger partial charge is 0.0208 e. The van der Waals surface area contributed by atoms with Gasteiger partial charge < -0.3 is 5.32 Å². The highest BCUT2D eigenvalue weighted by atomic mass is 14.9. The predicted octanol–water partition coefficient (Wildman–Crippen LogP) is 3.35.